The Hall–Kier alpha value is -0.980. The minimum atomic E-state index is -0.123. The summed E-state index contributed by atoms with van der Waals surface area (Å²) in [4.78, 5) is 6.65. The number of aliphatic hydroxyl groups is 1. The number of aromatic nitrogens is 2. The van der Waals surface area contributed by atoms with Crippen LogP contribution in [0.4, 0.5) is 0 Å². The number of rotatable bonds is 6. The molecule has 2 rings (SSSR count). The van der Waals surface area contributed by atoms with Crippen LogP contribution in [-0.2, 0) is 11.3 Å². The van der Waals surface area contributed by atoms with Crippen LogP contribution in [0, 0.1) is 5.92 Å². The van der Waals surface area contributed by atoms with Crippen molar-refractivity contribution in [2.24, 2.45) is 5.92 Å². The average molecular weight is 269 g/mol. The molecule has 0 aliphatic carbocycles. The molecule has 1 fully saturated rings. The molecule has 1 aromatic rings. The molecule has 6 heteroatoms. The average Bonchev–Trinajstić information content (AvgIpc) is 2.88. The van der Waals surface area contributed by atoms with Crippen LogP contribution in [0.15, 0.2) is 4.52 Å². The highest BCUT2D eigenvalue weighted by Gasteiger charge is 2.21. The molecule has 0 aromatic carbocycles. The fourth-order valence-electron chi connectivity index (χ4n) is 2.34. The molecule has 0 spiro atoms. The molecular formula is C13H23N3O3. The molecule has 2 heterocycles. The standard InChI is InChI=1S/C13H23N3O3/c1-3-18-10(2)13-14-12(19-15-13)8-16-6-4-11(9-17)5-7-16/h10-11,17H,3-9H2,1-2H3. The van der Waals surface area contributed by atoms with Crippen LogP contribution >= 0.6 is 0 Å². The highest BCUT2D eigenvalue weighted by Crippen LogP contribution is 2.19. The molecular weight excluding hydrogens is 246 g/mol. The van der Waals surface area contributed by atoms with Crippen molar-refractivity contribution in [1.29, 1.82) is 0 Å². The fourth-order valence-corrected chi connectivity index (χ4v) is 2.34. The largest absolute Gasteiger partial charge is 0.396 e. The van der Waals surface area contributed by atoms with Crippen LogP contribution in [0.5, 0.6) is 0 Å². The predicted octanol–water partition coefficient (Wildman–Crippen LogP) is 1.37. The van der Waals surface area contributed by atoms with Crippen molar-refractivity contribution in [1.82, 2.24) is 15.0 Å². The first-order valence-corrected chi connectivity index (χ1v) is 7.00. The second-order valence-electron chi connectivity index (χ2n) is 5.05. The van der Waals surface area contributed by atoms with Gasteiger partial charge in [0.15, 0.2) is 5.82 Å². The first-order chi connectivity index (χ1) is 9.22. The van der Waals surface area contributed by atoms with Gasteiger partial charge in [-0.3, -0.25) is 4.90 Å². The summed E-state index contributed by atoms with van der Waals surface area (Å²) in [6.07, 6.45) is 1.95. The summed E-state index contributed by atoms with van der Waals surface area (Å²) in [5.41, 5.74) is 0. The van der Waals surface area contributed by atoms with Gasteiger partial charge in [-0.15, -0.1) is 0 Å². The smallest absolute Gasteiger partial charge is 0.240 e. The summed E-state index contributed by atoms with van der Waals surface area (Å²) in [6, 6.07) is 0. The molecule has 1 saturated heterocycles. The van der Waals surface area contributed by atoms with Crippen molar-refractivity contribution >= 4 is 0 Å². The molecule has 0 bridgehead atoms. The lowest BCUT2D eigenvalue weighted by molar-refractivity contribution is 0.0683. The van der Waals surface area contributed by atoms with Crippen LogP contribution in [0.2, 0.25) is 0 Å². The first-order valence-electron chi connectivity index (χ1n) is 7.00. The number of ether oxygens (including phenoxy) is 1. The minimum absolute atomic E-state index is 0.123. The maximum atomic E-state index is 9.11. The Bertz CT molecular complexity index is 375. The van der Waals surface area contributed by atoms with E-state index < -0.39 is 0 Å². The Morgan fingerprint density at radius 2 is 2.21 bits per heavy atom. The molecule has 108 valence electrons. The summed E-state index contributed by atoms with van der Waals surface area (Å²) in [6.45, 7) is 7.44. The Morgan fingerprint density at radius 1 is 1.47 bits per heavy atom. The van der Waals surface area contributed by atoms with Crippen LogP contribution in [-0.4, -0.2) is 46.5 Å². The topological polar surface area (TPSA) is 71.6 Å². The Labute approximate surface area is 113 Å². The van der Waals surface area contributed by atoms with E-state index in [1.165, 1.54) is 0 Å². The summed E-state index contributed by atoms with van der Waals surface area (Å²) >= 11 is 0. The summed E-state index contributed by atoms with van der Waals surface area (Å²) < 4.78 is 10.7. The lowest BCUT2D eigenvalue weighted by atomic mass is 9.98. The van der Waals surface area contributed by atoms with Crippen molar-refractivity contribution in [2.45, 2.75) is 39.3 Å². The van der Waals surface area contributed by atoms with Gasteiger partial charge in [0.2, 0.25) is 5.89 Å². The van der Waals surface area contributed by atoms with E-state index in [1.54, 1.807) is 0 Å². The van der Waals surface area contributed by atoms with E-state index >= 15 is 0 Å². The Balaban J connectivity index is 1.83. The number of nitrogens with zero attached hydrogens (tertiary/aromatic N) is 3. The third-order valence-corrected chi connectivity index (χ3v) is 3.59. The van der Waals surface area contributed by atoms with Gasteiger partial charge in [-0.05, 0) is 45.7 Å². The Kier molecular flexibility index (Phi) is 5.30. The van der Waals surface area contributed by atoms with Crippen LogP contribution < -0.4 is 0 Å². The van der Waals surface area contributed by atoms with Gasteiger partial charge < -0.3 is 14.4 Å². The van der Waals surface area contributed by atoms with Gasteiger partial charge in [-0.2, -0.15) is 4.98 Å². The molecule has 1 unspecified atom stereocenters. The van der Waals surface area contributed by atoms with Crippen molar-refractivity contribution < 1.29 is 14.4 Å². The molecule has 0 radical (unpaired) electrons. The first kappa shape index (κ1) is 14.4. The van der Waals surface area contributed by atoms with E-state index in [1.807, 2.05) is 13.8 Å². The number of likely N-dealkylation sites (tertiary alicyclic amines) is 1. The van der Waals surface area contributed by atoms with E-state index in [-0.39, 0.29) is 6.10 Å². The monoisotopic (exact) mass is 269 g/mol. The SMILES string of the molecule is CCOC(C)c1noc(CN2CCC(CO)CC2)n1. The normalized spacial score (nSPS) is 19.7. The molecule has 1 aliphatic heterocycles. The summed E-state index contributed by atoms with van der Waals surface area (Å²) in [7, 11) is 0. The van der Waals surface area contributed by atoms with Gasteiger partial charge in [0.25, 0.3) is 0 Å². The van der Waals surface area contributed by atoms with Gasteiger partial charge in [0, 0.05) is 13.2 Å². The van der Waals surface area contributed by atoms with Crippen molar-refractivity contribution in [3.05, 3.63) is 11.7 Å². The maximum absolute atomic E-state index is 9.11. The van der Waals surface area contributed by atoms with Gasteiger partial charge in [-0.1, -0.05) is 5.16 Å². The zero-order valence-corrected chi connectivity index (χ0v) is 11.7. The lowest BCUT2D eigenvalue weighted by Gasteiger charge is -2.29. The van der Waals surface area contributed by atoms with Gasteiger partial charge in [-0.25, -0.2) is 0 Å². The third-order valence-electron chi connectivity index (χ3n) is 3.59. The second kappa shape index (κ2) is 6.98. The van der Waals surface area contributed by atoms with E-state index in [9.17, 15) is 0 Å². The van der Waals surface area contributed by atoms with Crippen LogP contribution in [0.3, 0.4) is 0 Å². The molecule has 1 aliphatic rings. The van der Waals surface area contributed by atoms with Crippen molar-refractivity contribution in [3.8, 4) is 0 Å². The number of hydrogen-bond donors (Lipinski definition) is 1. The molecule has 0 amide bonds. The molecule has 1 aromatic heterocycles. The quantitative estimate of drug-likeness (QED) is 0.841. The van der Waals surface area contributed by atoms with E-state index in [4.69, 9.17) is 14.4 Å². The van der Waals surface area contributed by atoms with Crippen LogP contribution in [0.25, 0.3) is 0 Å². The predicted molar refractivity (Wildman–Crippen MR) is 69.4 cm³/mol. The molecule has 0 saturated carbocycles. The maximum Gasteiger partial charge on any atom is 0.240 e. The van der Waals surface area contributed by atoms with Gasteiger partial charge in [0.1, 0.15) is 6.10 Å². The van der Waals surface area contributed by atoms with Crippen molar-refractivity contribution in [3.63, 3.8) is 0 Å². The van der Waals surface area contributed by atoms with Crippen molar-refractivity contribution in [2.75, 3.05) is 26.3 Å². The minimum Gasteiger partial charge on any atom is -0.396 e. The zero-order chi connectivity index (χ0) is 13.7. The van der Waals surface area contributed by atoms with E-state index in [2.05, 4.69) is 15.0 Å². The van der Waals surface area contributed by atoms with E-state index in [0.717, 1.165) is 25.9 Å². The molecule has 1 atom stereocenters. The Morgan fingerprint density at radius 3 is 2.84 bits per heavy atom. The molecule has 1 N–H and O–H groups in total. The zero-order valence-electron chi connectivity index (χ0n) is 11.7. The summed E-state index contributed by atoms with van der Waals surface area (Å²) in [5, 5.41) is 13.1. The van der Waals surface area contributed by atoms with E-state index in [0.29, 0.717) is 37.4 Å². The second-order valence-corrected chi connectivity index (χ2v) is 5.05. The fraction of sp³-hybridized carbons (Fsp3) is 0.846. The number of piperidine rings is 1. The van der Waals surface area contributed by atoms with Gasteiger partial charge >= 0.3 is 0 Å². The summed E-state index contributed by atoms with van der Waals surface area (Å²) in [5.74, 6) is 1.71. The van der Waals surface area contributed by atoms with Crippen LogP contribution in [0.1, 0.15) is 44.5 Å². The molecule has 6 nitrogen and oxygen atoms in total. The number of hydrogen-bond acceptors (Lipinski definition) is 6. The number of aliphatic hydroxyl groups excluding tert-OH is 1. The van der Waals surface area contributed by atoms with Gasteiger partial charge in [0.05, 0.1) is 6.54 Å². The molecule has 19 heavy (non-hydrogen) atoms. The highest BCUT2D eigenvalue weighted by atomic mass is 16.5. The highest BCUT2D eigenvalue weighted by molar-refractivity contribution is 4.90. The third kappa shape index (κ3) is 3.99. The lowest BCUT2D eigenvalue weighted by Crippen LogP contribution is -2.34.